The van der Waals surface area contributed by atoms with Gasteiger partial charge in [0.05, 0.1) is 23.3 Å². The van der Waals surface area contributed by atoms with Crippen LogP contribution in [0, 0.1) is 34.5 Å². The van der Waals surface area contributed by atoms with E-state index in [2.05, 4.69) is 12.1 Å². The second-order valence-corrected chi connectivity index (χ2v) is 8.28. The summed E-state index contributed by atoms with van der Waals surface area (Å²) in [7, 11) is 3.33. The van der Waals surface area contributed by atoms with Crippen molar-refractivity contribution in [2.45, 2.75) is 36.1 Å². The van der Waals surface area contributed by atoms with E-state index in [1.54, 1.807) is 14.2 Å². The third-order valence-electron chi connectivity index (χ3n) is 7.44. The van der Waals surface area contributed by atoms with Crippen molar-refractivity contribution in [1.82, 2.24) is 0 Å². The van der Waals surface area contributed by atoms with Gasteiger partial charge in [0.1, 0.15) is 0 Å². The van der Waals surface area contributed by atoms with Gasteiger partial charge in [-0.25, -0.2) is 0 Å². The molecule has 0 saturated heterocycles. The lowest BCUT2D eigenvalue weighted by molar-refractivity contribution is -0.263. The Labute approximate surface area is 175 Å². The fraction of sp³-hybridized carbons (Fsp3) is 0.417. The van der Waals surface area contributed by atoms with E-state index < -0.39 is 16.9 Å². The predicted molar refractivity (Wildman–Crippen MR) is 108 cm³/mol. The Morgan fingerprint density at radius 3 is 1.50 bits per heavy atom. The molecular formula is C24H22N4O2. The summed E-state index contributed by atoms with van der Waals surface area (Å²) in [4.78, 5) is 0. The van der Waals surface area contributed by atoms with Gasteiger partial charge < -0.3 is 9.47 Å². The Kier molecular flexibility index (Phi) is 4.08. The lowest BCUT2D eigenvalue weighted by Gasteiger charge is -2.44. The van der Waals surface area contributed by atoms with E-state index in [-0.39, 0.29) is 11.8 Å². The monoisotopic (exact) mass is 398 g/mol. The molecule has 30 heavy (non-hydrogen) atoms. The van der Waals surface area contributed by atoms with E-state index >= 15 is 0 Å². The molecule has 6 heteroatoms. The highest BCUT2D eigenvalue weighted by Gasteiger charge is 2.84. The smallest absolute Gasteiger partial charge is 0.232 e. The topological polar surface area (TPSA) is 90.8 Å². The Morgan fingerprint density at radius 2 is 1.17 bits per heavy atom. The van der Waals surface area contributed by atoms with Gasteiger partial charge >= 0.3 is 0 Å². The largest absolute Gasteiger partial charge is 0.348 e. The van der Waals surface area contributed by atoms with Crippen molar-refractivity contribution in [3.63, 3.8) is 0 Å². The van der Waals surface area contributed by atoms with Crippen molar-refractivity contribution in [3.05, 3.63) is 70.8 Å². The molecule has 2 fully saturated rings. The quantitative estimate of drug-likeness (QED) is 0.714. The summed E-state index contributed by atoms with van der Waals surface area (Å²) >= 11 is 0. The number of ether oxygens (including phenoxy) is 2. The molecule has 3 aliphatic rings. The number of nitriles is 2. The number of hydrogen-bond acceptors (Lipinski definition) is 6. The molecule has 0 aromatic heterocycles. The molecule has 1 heterocycles. The SMILES string of the molecule is COC1(OC)[C@]2(c3ccc(C#N)cc3)N=N[C@@]1(c1ccc(C#N)cc1)[C@H]1CCC[C@H]12. The fourth-order valence-corrected chi connectivity index (χ4v) is 6.40. The van der Waals surface area contributed by atoms with E-state index in [0.717, 1.165) is 30.4 Å². The molecule has 6 nitrogen and oxygen atoms in total. The first-order chi connectivity index (χ1) is 14.6. The van der Waals surface area contributed by atoms with Crippen molar-refractivity contribution in [2.24, 2.45) is 22.1 Å². The van der Waals surface area contributed by atoms with Crippen LogP contribution in [0.5, 0.6) is 0 Å². The first-order valence-electron chi connectivity index (χ1n) is 10.2. The van der Waals surface area contributed by atoms with Crippen LogP contribution < -0.4 is 0 Å². The maximum atomic E-state index is 9.24. The van der Waals surface area contributed by atoms with Gasteiger partial charge in [0.25, 0.3) is 0 Å². The average molecular weight is 398 g/mol. The second-order valence-electron chi connectivity index (χ2n) is 8.28. The van der Waals surface area contributed by atoms with Crippen LogP contribution in [0.4, 0.5) is 0 Å². The molecule has 2 aliphatic carbocycles. The molecule has 0 spiro atoms. The van der Waals surface area contributed by atoms with Crippen molar-refractivity contribution in [2.75, 3.05) is 14.2 Å². The Bertz CT molecular complexity index is 1010. The van der Waals surface area contributed by atoms with Gasteiger partial charge in [-0.05, 0) is 48.2 Å². The molecule has 2 saturated carbocycles. The predicted octanol–water partition coefficient (Wildman–Crippen LogP) is 4.41. The Morgan fingerprint density at radius 1 is 0.767 bits per heavy atom. The third-order valence-corrected chi connectivity index (χ3v) is 7.44. The van der Waals surface area contributed by atoms with Gasteiger partial charge in [0.15, 0.2) is 11.1 Å². The zero-order valence-electron chi connectivity index (χ0n) is 17.0. The summed E-state index contributed by atoms with van der Waals surface area (Å²) in [5, 5.41) is 28.3. The molecule has 4 atom stereocenters. The normalized spacial score (nSPS) is 32.5. The summed E-state index contributed by atoms with van der Waals surface area (Å²) in [5.74, 6) is -0.699. The van der Waals surface area contributed by atoms with E-state index in [9.17, 15) is 10.5 Å². The van der Waals surface area contributed by atoms with E-state index in [4.69, 9.17) is 19.7 Å². The highest BCUT2D eigenvalue weighted by Crippen LogP contribution is 2.75. The van der Waals surface area contributed by atoms with Crippen LogP contribution in [-0.4, -0.2) is 20.0 Å². The van der Waals surface area contributed by atoms with Crippen LogP contribution in [-0.2, 0) is 20.6 Å². The number of nitrogens with zero attached hydrogens (tertiary/aromatic N) is 4. The van der Waals surface area contributed by atoms with Crippen LogP contribution in [0.1, 0.15) is 41.5 Å². The van der Waals surface area contributed by atoms with E-state index in [0.29, 0.717) is 11.1 Å². The summed E-state index contributed by atoms with van der Waals surface area (Å²) in [5.41, 5.74) is 1.53. The molecule has 2 bridgehead atoms. The van der Waals surface area contributed by atoms with Crippen LogP contribution in [0.2, 0.25) is 0 Å². The van der Waals surface area contributed by atoms with Gasteiger partial charge in [0, 0.05) is 26.1 Å². The van der Waals surface area contributed by atoms with Crippen LogP contribution >= 0.6 is 0 Å². The molecule has 150 valence electrons. The number of methoxy groups -OCH3 is 2. The summed E-state index contributed by atoms with van der Waals surface area (Å²) < 4.78 is 12.5. The van der Waals surface area contributed by atoms with Gasteiger partial charge in [-0.2, -0.15) is 20.8 Å². The molecule has 0 amide bonds. The standard InChI is InChI=1S/C24H22N4O2/c1-29-24(30-2)22(18-10-6-16(14-25)7-11-18)20-4-3-5-21(20)23(24,28-27-22)19-12-8-17(15-26)9-13-19/h6-13,20-21H,3-5H2,1-2H3/t20-,21+,22-,23+. The highest BCUT2D eigenvalue weighted by molar-refractivity contribution is 5.48. The maximum absolute atomic E-state index is 9.24. The molecular weight excluding hydrogens is 376 g/mol. The average Bonchev–Trinajstić information content (AvgIpc) is 3.46. The summed E-state index contributed by atoms with van der Waals surface area (Å²) in [6.45, 7) is 0. The molecule has 2 aromatic carbocycles. The van der Waals surface area contributed by atoms with E-state index in [1.807, 2.05) is 48.5 Å². The first kappa shape index (κ1) is 18.9. The number of rotatable bonds is 4. The molecule has 1 aliphatic heterocycles. The van der Waals surface area contributed by atoms with Crippen LogP contribution in [0.3, 0.4) is 0 Å². The summed E-state index contributed by atoms with van der Waals surface area (Å²) in [6.07, 6.45) is 3.12. The fourth-order valence-electron chi connectivity index (χ4n) is 6.40. The lowest BCUT2D eigenvalue weighted by atomic mass is 9.74. The van der Waals surface area contributed by atoms with Crippen molar-refractivity contribution < 1.29 is 9.47 Å². The molecule has 5 rings (SSSR count). The number of azo groups is 1. The minimum absolute atomic E-state index is 0.207. The molecule has 0 radical (unpaired) electrons. The van der Waals surface area contributed by atoms with Crippen molar-refractivity contribution in [1.29, 1.82) is 10.5 Å². The van der Waals surface area contributed by atoms with E-state index in [1.165, 1.54) is 0 Å². The number of benzene rings is 2. The Hall–Kier alpha value is -3.06. The first-order valence-corrected chi connectivity index (χ1v) is 10.2. The number of fused-ring (bicyclic) bond motifs is 5. The van der Waals surface area contributed by atoms with Crippen LogP contribution in [0.15, 0.2) is 58.8 Å². The Balaban J connectivity index is 1.78. The van der Waals surface area contributed by atoms with Gasteiger partial charge in [-0.1, -0.05) is 30.7 Å². The minimum atomic E-state index is -1.11. The minimum Gasteiger partial charge on any atom is -0.348 e. The van der Waals surface area contributed by atoms with Crippen LogP contribution in [0.25, 0.3) is 0 Å². The summed E-state index contributed by atoms with van der Waals surface area (Å²) in [6, 6.07) is 19.5. The van der Waals surface area contributed by atoms with Crippen molar-refractivity contribution in [3.8, 4) is 12.1 Å². The molecule has 0 N–H and O–H groups in total. The second kappa shape index (κ2) is 6.47. The third kappa shape index (κ3) is 1.94. The molecule has 2 aromatic rings. The zero-order chi connectivity index (χ0) is 21.0. The lowest BCUT2D eigenvalue weighted by Crippen LogP contribution is -2.58. The zero-order valence-corrected chi connectivity index (χ0v) is 17.0. The molecule has 0 unspecified atom stereocenters. The van der Waals surface area contributed by atoms with Gasteiger partial charge in [-0.15, -0.1) is 0 Å². The van der Waals surface area contributed by atoms with Gasteiger partial charge in [-0.3, -0.25) is 0 Å². The number of hydrogen-bond donors (Lipinski definition) is 0. The van der Waals surface area contributed by atoms with Gasteiger partial charge in [0.2, 0.25) is 5.79 Å². The highest BCUT2D eigenvalue weighted by atomic mass is 16.7. The maximum Gasteiger partial charge on any atom is 0.232 e. The van der Waals surface area contributed by atoms with Crippen molar-refractivity contribution >= 4 is 0 Å².